The van der Waals surface area contributed by atoms with Crippen LogP contribution >= 0.6 is 7.37 Å². The van der Waals surface area contributed by atoms with E-state index in [2.05, 4.69) is 0 Å². The van der Waals surface area contributed by atoms with Crippen LogP contribution in [0.15, 0.2) is 24.3 Å². The molecular weight excluding hydrogens is 250 g/mol. The first-order chi connectivity index (χ1) is 8.68. The van der Waals surface area contributed by atoms with Gasteiger partial charge in [0.2, 0.25) is 7.37 Å². The first kappa shape index (κ1) is 13.8. The number of halogens is 1. The zero-order valence-electron chi connectivity index (χ0n) is 10.8. The number of hydrogen-bond acceptors (Lipinski definition) is 2. The van der Waals surface area contributed by atoms with Gasteiger partial charge < -0.3 is 4.52 Å². The fraction of sp³-hybridized carbons (Fsp3) is 0.571. The molecule has 0 spiro atoms. The van der Waals surface area contributed by atoms with Crippen molar-refractivity contribution < 1.29 is 13.5 Å². The van der Waals surface area contributed by atoms with E-state index in [0.29, 0.717) is 6.61 Å². The monoisotopic (exact) mass is 270 g/mol. The van der Waals surface area contributed by atoms with Crippen LogP contribution in [-0.4, -0.2) is 12.3 Å². The van der Waals surface area contributed by atoms with E-state index in [9.17, 15) is 8.96 Å². The third-order valence-corrected chi connectivity index (χ3v) is 6.72. The van der Waals surface area contributed by atoms with Gasteiger partial charge in [-0.3, -0.25) is 4.57 Å². The van der Waals surface area contributed by atoms with Gasteiger partial charge in [-0.2, -0.15) is 0 Å². The lowest BCUT2D eigenvalue weighted by Crippen LogP contribution is -2.24. The fourth-order valence-corrected chi connectivity index (χ4v) is 5.53. The molecule has 0 amide bonds. The van der Waals surface area contributed by atoms with Crippen molar-refractivity contribution in [3.8, 4) is 0 Å². The van der Waals surface area contributed by atoms with E-state index < -0.39 is 13.2 Å². The molecule has 2 nitrogen and oxygen atoms in total. The maximum atomic E-state index is 13.9. The average Bonchev–Trinajstić information content (AvgIpc) is 2.40. The van der Waals surface area contributed by atoms with Gasteiger partial charge in [0.25, 0.3) is 0 Å². The average molecular weight is 270 g/mol. The van der Waals surface area contributed by atoms with Gasteiger partial charge in [-0.15, -0.1) is 0 Å². The number of benzene rings is 1. The second-order valence-corrected chi connectivity index (χ2v) is 7.42. The van der Waals surface area contributed by atoms with Gasteiger partial charge in [0.05, 0.1) is 11.9 Å². The molecule has 100 valence electrons. The van der Waals surface area contributed by atoms with E-state index in [1.54, 1.807) is 18.2 Å². The molecule has 18 heavy (non-hydrogen) atoms. The van der Waals surface area contributed by atoms with E-state index in [4.69, 9.17) is 4.52 Å². The summed E-state index contributed by atoms with van der Waals surface area (Å²) < 4.78 is 32.6. The Bertz CT molecular complexity index is 441. The largest absolute Gasteiger partial charge is 0.325 e. The van der Waals surface area contributed by atoms with Gasteiger partial charge >= 0.3 is 0 Å². The molecule has 2 rings (SSSR count). The second-order valence-electron chi connectivity index (χ2n) is 4.76. The van der Waals surface area contributed by atoms with E-state index in [1.807, 2.05) is 6.92 Å². The van der Waals surface area contributed by atoms with Crippen molar-refractivity contribution >= 4 is 12.7 Å². The molecule has 1 unspecified atom stereocenters. The van der Waals surface area contributed by atoms with Crippen LogP contribution in [0.1, 0.15) is 39.0 Å². The van der Waals surface area contributed by atoms with Gasteiger partial charge in [0.15, 0.2) is 0 Å². The summed E-state index contributed by atoms with van der Waals surface area (Å²) in [6, 6.07) is 6.33. The molecule has 0 bridgehead atoms. The molecule has 1 aliphatic rings. The van der Waals surface area contributed by atoms with Crippen molar-refractivity contribution in [3.05, 3.63) is 30.1 Å². The maximum Gasteiger partial charge on any atom is 0.238 e. The lowest BCUT2D eigenvalue weighted by atomic mass is 10.0. The summed E-state index contributed by atoms with van der Waals surface area (Å²) in [7, 11) is -3.06. The van der Waals surface area contributed by atoms with Crippen LogP contribution in [-0.2, 0) is 9.09 Å². The van der Waals surface area contributed by atoms with Crippen LogP contribution in [0, 0.1) is 5.82 Å². The number of hydrogen-bond donors (Lipinski definition) is 0. The molecule has 1 aliphatic carbocycles. The third-order valence-electron chi connectivity index (χ3n) is 3.56. The fourth-order valence-electron chi connectivity index (χ4n) is 2.69. The van der Waals surface area contributed by atoms with Crippen LogP contribution < -0.4 is 5.30 Å². The van der Waals surface area contributed by atoms with Crippen molar-refractivity contribution in [3.63, 3.8) is 0 Å². The predicted molar refractivity (Wildman–Crippen MR) is 72.1 cm³/mol. The Kier molecular flexibility index (Phi) is 4.58. The molecule has 0 radical (unpaired) electrons. The van der Waals surface area contributed by atoms with Crippen LogP contribution in [0.5, 0.6) is 0 Å². The molecule has 4 heteroatoms. The zero-order chi connectivity index (χ0) is 13.0. The van der Waals surface area contributed by atoms with E-state index in [0.717, 1.165) is 25.7 Å². The molecule has 0 aromatic heterocycles. The van der Waals surface area contributed by atoms with Gasteiger partial charge in [-0.25, -0.2) is 4.39 Å². The lowest BCUT2D eigenvalue weighted by molar-refractivity contribution is 0.322. The summed E-state index contributed by atoms with van der Waals surface area (Å²) in [4.78, 5) is 0. The summed E-state index contributed by atoms with van der Waals surface area (Å²) in [5, 5.41) is 0.277. The Hall–Kier alpha value is -0.660. The molecule has 1 atom stereocenters. The Morgan fingerprint density at radius 2 is 1.94 bits per heavy atom. The minimum atomic E-state index is -3.06. The third kappa shape index (κ3) is 2.67. The van der Waals surface area contributed by atoms with Gasteiger partial charge in [0.1, 0.15) is 5.82 Å². The van der Waals surface area contributed by atoms with Gasteiger partial charge in [-0.1, -0.05) is 31.4 Å². The lowest BCUT2D eigenvalue weighted by Gasteiger charge is -2.30. The highest BCUT2D eigenvalue weighted by atomic mass is 31.2. The maximum absolute atomic E-state index is 13.9. The van der Waals surface area contributed by atoms with Crippen molar-refractivity contribution in [2.24, 2.45) is 0 Å². The Balaban J connectivity index is 2.37. The summed E-state index contributed by atoms with van der Waals surface area (Å²) >= 11 is 0. The van der Waals surface area contributed by atoms with Gasteiger partial charge in [-0.05, 0) is 31.9 Å². The van der Waals surface area contributed by atoms with E-state index in [-0.39, 0.29) is 11.0 Å². The first-order valence-electron chi connectivity index (χ1n) is 6.68. The smallest absolute Gasteiger partial charge is 0.238 e. The van der Waals surface area contributed by atoms with Crippen LogP contribution in [0.3, 0.4) is 0 Å². The minimum Gasteiger partial charge on any atom is -0.325 e. The standard InChI is InChI=1S/C14H20FO2P/c1-2-17-18(16,12-8-4-3-5-9-12)14-11-7-6-10-13(14)15/h6-7,10-12H,2-5,8-9H2,1H3. The van der Waals surface area contributed by atoms with E-state index in [1.165, 1.54) is 12.5 Å². The van der Waals surface area contributed by atoms with Crippen LogP contribution in [0.25, 0.3) is 0 Å². The van der Waals surface area contributed by atoms with Crippen LogP contribution in [0.2, 0.25) is 0 Å². The SMILES string of the molecule is CCOP(=O)(c1ccccc1F)C1CCCCC1. The highest BCUT2D eigenvalue weighted by Gasteiger charge is 2.38. The summed E-state index contributed by atoms with van der Waals surface area (Å²) in [5.41, 5.74) is -0.0110. The molecular formula is C14H20FO2P. The highest BCUT2D eigenvalue weighted by Crippen LogP contribution is 2.55. The predicted octanol–water partition coefficient (Wildman–Crippen LogP) is 4.10. The topological polar surface area (TPSA) is 26.3 Å². The Morgan fingerprint density at radius 1 is 1.28 bits per heavy atom. The Morgan fingerprint density at radius 3 is 2.56 bits per heavy atom. The molecule has 0 saturated heterocycles. The molecule has 1 aromatic carbocycles. The quantitative estimate of drug-likeness (QED) is 0.770. The molecule has 1 aromatic rings. The van der Waals surface area contributed by atoms with Crippen molar-refractivity contribution in [1.29, 1.82) is 0 Å². The van der Waals surface area contributed by atoms with Crippen LogP contribution in [0.4, 0.5) is 4.39 Å². The zero-order valence-corrected chi connectivity index (χ0v) is 11.7. The molecule has 1 saturated carbocycles. The summed E-state index contributed by atoms with van der Waals surface area (Å²) in [6.45, 7) is 2.18. The first-order valence-corrected chi connectivity index (χ1v) is 8.37. The number of rotatable bonds is 4. The summed E-state index contributed by atoms with van der Waals surface area (Å²) in [5.74, 6) is -0.403. The van der Waals surface area contributed by atoms with Crippen molar-refractivity contribution in [2.75, 3.05) is 6.61 Å². The Labute approximate surface area is 108 Å². The minimum absolute atomic E-state index is 0.0110. The molecule has 0 heterocycles. The van der Waals surface area contributed by atoms with Gasteiger partial charge in [0, 0.05) is 5.66 Å². The highest BCUT2D eigenvalue weighted by molar-refractivity contribution is 7.67. The normalized spacial score (nSPS) is 20.6. The van der Waals surface area contributed by atoms with Crippen molar-refractivity contribution in [2.45, 2.75) is 44.7 Å². The molecule has 0 N–H and O–H groups in total. The van der Waals surface area contributed by atoms with Crippen molar-refractivity contribution in [1.82, 2.24) is 0 Å². The van der Waals surface area contributed by atoms with E-state index >= 15 is 0 Å². The summed E-state index contributed by atoms with van der Waals surface area (Å²) in [6.07, 6.45) is 5.07. The second kappa shape index (κ2) is 5.99. The molecule has 1 fully saturated rings. The molecule has 0 aliphatic heterocycles.